The molecular formula is C24H30N2O2S. The Bertz CT molecular complexity index is 861. The number of carbonyl (C=O) groups is 1. The Morgan fingerprint density at radius 3 is 2.28 bits per heavy atom. The van der Waals surface area contributed by atoms with Crippen LogP contribution in [0.1, 0.15) is 42.0 Å². The van der Waals surface area contributed by atoms with Gasteiger partial charge in [0.25, 0.3) is 5.91 Å². The minimum atomic E-state index is -0.165. The van der Waals surface area contributed by atoms with Crippen LogP contribution in [0.15, 0.2) is 36.4 Å². The van der Waals surface area contributed by atoms with Crippen LogP contribution in [0, 0.1) is 26.7 Å². The number of hydrogen-bond donors (Lipinski definition) is 1. The van der Waals surface area contributed by atoms with Crippen molar-refractivity contribution in [1.29, 1.82) is 0 Å². The highest BCUT2D eigenvalue weighted by Gasteiger charge is 2.18. The van der Waals surface area contributed by atoms with Crippen LogP contribution < -0.4 is 10.1 Å². The molecule has 1 amide bonds. The summed E-state index contributed by atoms with van der Waals surface area (Å²) in [5, 5.41) is 2.96. The summed E-state index contributed by atoms with van der Waals surface area (Å²) < 4.78 is 5.67. The average molecular weight is 411 g/mol. The Morgan fingerprint density at radius 2 is 1.69 bits per heavy atom. The number of rotatable bonds is 5. The zero-order valence-electron chi connectivity index (χ0n) is 17.7. The third kappa shape index (κ3) is 5.57. The van der Waals surface area contributed by atoms with E-state index in [2.05, 4.69) is 36.2 Å². The number of nitrogens with one attached hydrogen (secondary N) is 1. The lowest BCUT2D eigenvalue weighted by molar-refractivity contribution is -0.118. The van der Waals surface area contributed by atoms with Gasteiger partial charge in [-0.2, -0.15) is 0 Å². The Hall–Kier alpha value is -2.40. The van der Waals surface area contributed by atoms with Crippen LogP contribution in [-0.2, 0) is 4.79 Å². The maximum absolute atomic E-state index is 12.3. The zero-order valence-corrected chi connectivity index (χ0v) is 18.6. The number of thiocarbonyl (C=S) groups is 1. The molecule has 3 rings (SSSR count). The van der Waals surface area contributed by atoms with E-state index in [0.717, 1.165) is 46.4 Å². The number of hydrogen-bond acceptors (Lipinski definition) is 3. The SMILES string of the molecule is Cc1cc(C)c(NC(=O)COc2ccc(C(=S)N3CCC(C)CC3)cc2)c(C)c1. The molecule has 5 heteroatoms. The fourth-order valence-corrected chi connectivity index (χ4v) is 4.11. The summed E-state index contributed by atoms with van der Waals surface area (Å²) in [6.07, 6.45) is 2.38. The van der Waals surface area contributed by atoms with E-state index in [0.29, 0.717) is 5.75 Å². The summed E-state index contributed by atoms with van der Waals surface area (Å²) in [5.74, 6) is 1.28. The minimum Gasteiger partial charge on any atom is -0.484 e. The van der Waals surface area contributed by atoms with Gasteiger partial charge < -0.3 is 15.0 Å². The van der Waals surface area contributed by atoms with Crippen molar-refractivity contribution >= 4 is 28.8 Å². The van der Waals surface area contributed by atoms with Crippen molar-refractivity contribution in [3.63, 3.8) is 0 Å². The fourth-order valence-electron chi connectivity index (χ4n) is 3.79. The van der Waals surface area contributed by atoms with Gasteiger partial charge in [-0.3, -0.25) is 4.79 Å². The third-order valence-electron chi connectivity index (χ3n) is 5.48. The maximum atomic E-state index is 12.3. The molecule has 1 fully saturated rings. The summed E-state index contributed by atoms with van der Waals surface area (Å²) in [4.78, 5) is 15.5. The van der Waals surface area contributed by atoms with Gasteiger partial charge >= 0.3 is 0 Å². The fraction of sp³-hybridized carbons (Fsp3) is 0.417. The van der Waals surface area contributed by atoms with Gasteiger partial charge in [0.1, 0.15) is 10.7 Å². The van der Waals surface area contributed by atoms with Gasteiger partial charge in [-0.1, -0.05) is 36.8 Å². The molecule has 0 aliphatic carbocycles. The molecule has 29 heavy (non-hydrogen) atoms. The molecule has 2 aromatic carbocycles. The summed E-state index contributed by atoms with van der Waals surface area (Å²) in [6.45, 7) is 10.4. The van der Waals surface area contributed by atoms with E-state index >= 15 is 0 Å². The van der Waals surface area contributed by atoms with E-state index in [4.69, 9.17) is 17.0 Å². The number of nitrogens with zero attached hydrogens (tertiary/aromatic N) is 1. The Kier molecular flexibility index (Phi) is 6.91. The number of likely N-dealkylation sites (tertiary alicyclic amines) is 1. The first-order valence-electron chi connectivity index (χ1n) is 10.2. The molecule has 1 heterocycles. The molecule has 0 bridgehead atoms. The van der Waals surface area contributed by atoms with Gasteiger partial charge in [-0.05, 0) is 74.9 Å². The lowest BCUT2D eigenvalue weighted by Crippen LogP contribution is -2.37. The number of anilines is 1. The predicted molar refractivity (Wildman–Crippen MR) is 123 cm³/mol. The van der Waals surface area contributed by atoms with Crippen LogP contribution in [0.2, 0.25) is 0 Å². The molecule has 0 saturated carbocycles. The van der Waals surface area contributed by atoms with E-state index < -0.39 is 0 Å². The molecule has 1 aliphatic rings. The van der Waals surface area contributed by atoms with Gasteiger partial charge in [-0.15, -0.1) is 0 Å². The van der Waals surface area contributed by atoms with Crippen molar-refractivity contribution in [2.75, 3.05) is 25.0 Å². The molecule has 154 valence electrons. The van der Waals surface area contributed by atoms with Gasteiger partial charge in [0.15, 0.2) is 6.61 Å². The Morgan fingerprint density at radius 1 is 1.10 bits per heavy atom. The second-order valence-corrected chi connectivity index (χ2v) is 8.50. The lowest BCUT2D eigenvalue weighted by Gasteiger charge is -2.32. The lowest BCUT2D eigenvalue weighted by atomic mass is 9.99. The highest BCUT2D eigenvalue weighted by Crippen LogP contribution is 2.22. The normalized spacial score (nSPS) is 14.6. The molecule has 0 aromatic heterocycles. The average Bonchev–Trinajstić information content (AvgIpc) is 2.69. The van der Waals surface area contributed by atoms with Gasteiger partial charge in [0.05, 0.1) is 0 Å². The van der Waals surface area contributed by atoms with Gasteiger partial charge in [0.2, 0.25) is 0 Å². The predicted octanol–water partition coefficient (Wildman–Crippen LogP) is 5.04. The van der Waals surface area contributed by atoms with E-state index in [1.807, 2.05) is 38.1 Å². The number of amides is 1. The molecule has 0 radical (unpaired) electrons. The van der Waals surface area contributed by atoms with Crippen LogP contribution in [0.25, 0.3) is 0 Å². The molecule has 0 atom stereocenters. The molecule has 0 spiro atoms. The van der Waals surface area contributed by atoms with E-state index in [-0.39, 0.29) is 12.5 Å². The van der Waals surface area contributed by atoms with Crippen LogP contribution in [0.4, 0.5) is 5.69 Å². The first kappa shape index (κ1) is 21.3. The van der Waals surface area contributed by atoms with E-state index in [1.54, 1.807) is 0 Å². The van der Waals surface area contributed by atoms with Crippen LogP contribution >= 0.6 is 12.2 Å². The molecule has 1 N–H and O–H groups in total. The van der Waals surface area contributed by atoms with Crippen LogP contribution in [0.5, 0.6) is 5.75 Å². The number of carbonyl (C=O) groups excluding carboxylic acids is 1. The topological polar surface area (TPSA) is 41.6 Å². The van der Waals surface area contributed by atoms with E-state index in [1.165, 1.54) is 18.4 Å². The van der Waals surface area contributed by atoms with Crippen LogP contribution in [0.3, 0.4) is 0 Å². The molecule has 2 aromatic rings. The largest absolute Gasteiger partial charge is 0.484 e. The van der Waals surface area contributed by atoms with Crippen LogP contribution in [-0.4, -0.2) is 35.5 Å². The molecular weight excluding hydrogens is 380 g/mol. The second-order valence-electron chi connectivity index (χ2n) is 8.11. The molecule has 1 aliphatic heterocycles. The minimum absolute atomic E-state index is 0.0272. The summed E-state index contributed by atoms with van der Waals surface area (Å²) >= 11 is 5.66. The van der Waals surface area contributed by atoms with Crippen molar-refractivity contribution in [2.45, 2.75) is 40.5 Å². The summed E-state index contributed by atoms with van der Waals surface area (Å²) in [7, 11) is 0. The molecule has 4 nitrogen and oxygen atoms in total. The molecule has 1 saturated heterocycles. The monoisotopic (exact) mass is 410 g/mol. The number of aryl methyl sites for hydroxylation is 3. The van der Waals surface area contributed by atoms with Crippen molar-refractivity contribution in [3.05, 3.63) is 58.7 Å². The third-order valence-corrected chi connectivity index (χ3v) is 5.98. The number of benzene rings is 2. The van der Waals surface area contributed by atoms with Crippen molar-refractivity contribution in [1.82, 2.24) is 4.90 Å². The quantitative estimate of drug-likeness (QED) is 0.702. The first-order chi connectivity index (χ1) is 13.8. The first-order valence-corrected chi connectivity index (χ1v) is 10.6. The zero-order chi connectivity index (χ0) is 21.0. The van der Waals surface area contributed by atoms with Crippen molar-refractivity contribution < 1.29 is 9.53 Å². The van der Waals surface area contributed by atoms with E-state index in [9.17, 15) is 4.79 Å². The van der Waals surface area contributed by atoms with Gasteiger partial charge in [-0.25, -0.2) is 0 Å². The standard InChI is InChI=1S/C24H30N2O2S/c1-16-9-11-26(12-10-16)24(29)20-5-7-21(8-6-20)28-15-22(27)25-23-18(3)13-17(2)14-19(23)4/h5-8,13-14,16H,9-12,15H2,1-4H3,(H,25,27). The number of ether oxygens (including phenoxy) is 1. The molecule has 0 unspecified atom stereocenters. The van der Waals surface area contributed by atoms with Gasteiger partial charge in [0, 0.05) is 24.3 Å². The Balaban J connectivity index is 1.54. The Labute approximate surface area is 179 Å². The smallest absolute Gasteiger partial charge is 0.262 e. The highest BCUT2D eigenvalue weighted by atomic mass is 32.1. The second kappa shape index (κ2) is 9.40. The highest BCUT2D eigenvalue weighted by molar-refractivity contribution is 7.80. The number of piperidine rings is 1. The maximum Gasteiger partial charge on any atom is 0.262 e. The van der Waals surface area contributed by atoms with Crippen molar-refractivity contribution in [3.8, 4) is 5.75 Å². The summed E-state index contributed by atoms with van der Waals surface area (Å²) in [5.41, 5.74) is 5.19. The summed E-state index contributed by atoms with van der Waals surface area (Å²) in [6, 6.07) is 11.8. The van der Waals surface area contributed by atoms with Crippen molar-refractivity contribution in [2.24, 2.45) is 5.92 Å².